The van der Waals surface area contributed by atoms with Gasteiger partial charge in [0.2, 0.25) is 5.91 Å². The maximum Gasteiger partial charge on any atom is 0.335 e. The molecule has 108 valence electrons. The Bertz CT molecular complexity index is 665. The summed E-state index contributed by atoms with van der Waals surface area (Å²) in [6.45, 7) is 1.97. The minimum Gasteiger partial charge on any atom is -0.478 e. The second-order valence-electron chi connectivity index (χ2n) is 4.57. The molecule has 1 aromatic carbocycles. The molecule has 20 heavy (non-hydrogen) atoms. The summed E-state index contributed by atoms with van der Waals surface area (Å²) in [5, 5.41) is 9.08. The summed E-state index contributed by atoms with van der Waals surface area (Å²) in [5.74, 6) is -1.46. The van der Waals surface area contributed by atoms with Crippen molar-refractivity contribution in [3.63, 3.8) is 0 Å². The van der Waals surface area contributed by atoms with Crippen LogP contribution in [0.2, 0.25) is 0 Å². The van der Waals surface area contributed by atoms with Crippen molar-refractivity contribution in [2.24, 2.45) is 0 Å². The Hall–Kier alpha value is -1.89. The number of carbonyl (C=O) groups excluding carboxylic acids is 1. The minimum absolute atomic E-state index is 0.0606. The van der Waals surface area contributed by atoms with Crippen LogP contribution in [0, 0.1) is 0 Å². The van der Waals surface area contributed by atoms with E-state index in [0.29, 0.717) is 25.1 Å². The molecule has 1 heterocycles. The van der Waals surface area contributed by atoms with Crippen molar-refractivity contribution in [2.45, 2.75) is 24.7 Å². The van der Waals surface area contributed by atoms with Crippen molar-refractivity contribution in [1.82, 2.24) is 0 Å². The highest BCUT2D eigenvalue weighted by Gasteiger charge is 2.25. The lowest BCUT2D eigenvalue weighted by molar-refractivity contribution is -0.117. The predicted octanol–water partition coefficient (Wildman–Crippen LogP) is 1.31. The number of hydrogen-bond acceptors (Lipinski definition) is 4. The van der Waals surface area contributed by atoms with Gasteiger partial charge in [0, 0.05) is 18.7 Å². The van der Waals surface area contributed by atoms with Crippen molar-refractivity contribution in [3.05, 3.63) is 23.8 Å². The number of aromatic carboxylic acids is 1. The SMILES string of the molecule is CCS(=O)(=O)c1cc(C(=O)O)cc(N2CCCC2=O)c1. The summed E-state index contributed by atoms with van der Waals surface area (Å²) >= 11 is 0. The molecule has 0 unspecified atom stereocenters. The number of carboxylic acid groups (broad SMARTS) is 1. The zero-order valence-corrected chi connectivity index (χ0v) is 11.8. The van der Waals surface area contributed by atoms with E-state index < -0.39 is 15.8 Å². The average Bonchev–Trinajstić information content (AvgIpc) is 2.84. The maximum atomic E-state index is 11.9. The first-order valence-corrected chi connectivity index (χ1v) is 7.92. The molecule has 0 atom stereocenters. The predicted molar refractivity (Wildman–Crippen MR) is 72.7 cm³/mol. The zero-order chi connectivity index (χ0) is 14.9. The fourth-order valence-electron chi connectivity index (χ4n) is 2.13. The van der Waals surface area contributed by atoms with Crippen LogP contribution in [0.25, 0.3) is 0 Å². The molecule has 1 aliphatic rings. The highest BCUT2D eigenvalue weighted by molar-refractivity contribution is 7.91. The molecule has 1 N–H and O–H groups in total. The third-order valence-electron chi connectivity index (χ3n) is 3.26. The van der Waals surface area contributed by atoms with Crippen LogP contribution in [0.1, 0.15) is 30.1 Å². The van der Waals surface area contributed by atoms with E-state index in [0.717, 1.165) is 6.07 Å². The van der Waals surface area contributed by atoms with Gasteiger partial charge in [-0.05, 0) is 24.6 Å². The second kappa shape index (κ2) is 5.24. The van der Waals surface area contributed by atoms with Gasteiger partial charge in [-0.25, -0.2) is 13.2 Å². The standard InChI is InChI=1S/C13H15NO5S/c1-2-20(18,19)11-7-9(13(16)17)6-10(8-11)14-5-3-4-12(14)15/h6-8H,2-5H2,1H3,(H,16,17). The molecule has 2 rings (SSSR count). The molecule has 1 fully saturated rings. The molecular formula is C13H15NO5S. The largest absolute Gasteiger partial charge is 0.478 e. The summed E-state index contributed by atoms with van der Waals surface area (Å²) in [6.07, 6.45) is 1.08. The Labute approximate surface area is 116 Å². The number of benzene rings is 1. The second-order valence-corrected chi connectivity index (χ2v) is 6.85. The summed E-state index contributed by atoms with van der Waals surface area (Å²) in [4.78, 5) is 24.2. The van der Waals surface area contributed by atoms with E-state index in [1.54, 1.807) is 0 Å². The van der Waals surface area contributed by atoms with Crippen LogP contribution in [0.4, 0.5) is 5.69 Å². The van der Waals surface area contributed by atoms with E-state index in [9.17, 15) is 18.0 Å². The molecule has 0 spiro atoms. The molecule has 0 saturated carbocycles. The first-order chi connectivity index (χ1) is 9.35. The molecule has 0 aromatic heterocycles. The Morgan fingerprint density at radius 3 is 2.55 bits per heavy atom. The molecular weight excluding hydrogens is 282 g/mol. The van der Waals surface area contributed by atoms with Gasteiger partial charge < -0.3 is 10.0 Å². The van der Waals surface area contributed by atoms with E-state index in [1.807, 2.05) is 0 Å². The number of anilines is 1. The lowest BCUT2D eigenvalue weighted by Crippen LogP contribution is -2.24. The van der Waals surface area contributed by atoms with E-state index in [-0.39, 0.29) is 22.1 Å². The smallest absolute Gasteiger partial charge is 0.335 e. The van der Waals surface area contributed by atoms with Crippen LogP contribution in [0.5, 0.6) is 0 Å². The van der Waals surface area contributed by atoms with Gasteiger partial charge in [-0.3, -0.25) is 4.79 Å². The first kappa shape index (κ1) is 14.5. The summed E-state index contributed by atoms with van der Waals surface area (Å²) in [5.41, 5.74) is 0.202. The third kappa shape index (κ3) is 2.67. The topological polar surface area (TPSA) is 91.8 Å². The Morgan fingerprint density at radius 1 is 1.35 bits per heavy atom. The van der Waals surface area contributed by atoms with E-state index in [2.05, 4.69) is 0 Å². The van der Waals surface area contributed by atoms with Crippen molar-refractivity contribution in [1.29, 1.82) is 0 Å². The van der Waals surface area contributed by atoms with Gasteiger partial charge >= 0.3 is 5.97 Å². The monoisotopic (exact) mass is 297 g/mol. The van der Waals surface area contributed by atoms with Gasteiger partial charge in [-0.2, -0.15) is 0 Å². The highest BCUT2D eigenvalue weighted by atomic mass is 32.2. The van der Waals surface area contributed by atoms with Gasteiger partial charge in [0.25, 0.3) is 0 Å². The summed E-state index contributed by atoms with van der Waals surface area (Å²) in [6, 6.07) is 3.83. The maximum absolute atomic E-state index is 11.9. The van der Waals surface area contributed by atoms with E-state index >= 15 is 0 Å². The van der Waals surface area contributed by atoms with Crippen LogP contribution in [-0.4, -0.2) is 37.7 Å². The van der Waals surface area contributed by atoms with Gasteiger partial charge in [0.05, 0.1) is 16.2 Å². The molecule has 6 nitrogen and oxygen atoms in total. The molecule has 1 amide bonds. The number of carbonyl (C=O) groups is 2. The number of carboxylic acids is 1. The first-order valence-electron chi connectivity index (χ1n) is 6.26. The lowest BCUT2D eigenvalue weighted by Gasteiger charge is -2.17. The van der Waals surface area contributed by atoms with Gasteiger partial charge in [-0.1, -0.05) is 6.92 Å². The fraction of sp³-hybridized carbons (Fsp3) is 0.385. The molecule has 1 aliphatic heterocycles. The van der Waals surface area contributed by atoms with E-state index in [1.165, 1.54) is 24.0 Å². The third-order valence-corrected chi connectivity index (χ3v) is 4.98. The van der Waals surface area contributed by atoms with Gasteiger partial charge in [0.1, 0.15) is 0 Å². The highest BCUT2D eigenvalue weighted by Crippen LogP contribution is 2.26. The Morgan fingerprint density at radius 2 is 2.05 bits per heavy atom. The zero-order valence-electron chi connectivity index (χ0n) is 11.0. The molecule has 0 radical (unpaired) electrons. The molecule has 0 bridgehead atoms. The molecule has 1 saturated heterocycles. The van der Waals surface area contributed by atoms with Crippen molar-refractivity contribution in [2.75, 3.05) is 17.2 Å². The normalized spacial score (nSPS) is 15.7. The number of nitrogens with zero attached hydrogens (tertiary/aromatic N) is 1. The van der Waals surface area contributed by atoms with Crippen LogP contribution in [0.3, 0.4) is 0 Å². The molecule has 0 aliphatic carbocycles. The van der Waals surface area contributed by atoms with Crippen LogP contribution >= 0.6 is 0 Å². The van der Waals surface area contributed by atoms with Crippen LogP contribution < -0.4 is 4.90 Å². The number of sulfone groups is 1. The fourth-order valence-corrected chi connectivity index (χ4v) is 3.07. The van der Waals surface area contributed by atoms with Crippen molar-refractivity contribution in [3.8, 4) is 0 Å². The van der Waals surface area contributed by atoms with Crippen LogP contribution in [0.15, 0.2) is 23.1 Å². The van der Waals surface area contributed by atoms with E-state index in [4.69, 9.17) is 5.11 Å². The summed E-state index contributed by atoms with van der Waals surface area (Å²) < 4.78 is 23.9. The van der Waals surface area contributed by atoms with Crippen LogP contribution in [-0.2, 0) is 14.6 Å². The van der Waals surface area contributed by atoms with Crippen molar-refractivity contribution >= 4 is 27.4 Å². The number of amides is 1. The van der Waals surface area contributed by atoms with Gasteiger partial charge in [0.15, 0.2) is 9.84 Å². The number of rotatable bonds is 4. The lowest BCUT2D eigenvalue weighted by atomic mass is 10.2. The van der Waals surface area contributed by atoms with Gasteiger partial charge in [-0.15, -0.1) is 0 Å². The number of hydrogen-bond donors (Lipinski definition) is 1. The molecule has 1 aromatic rings. The Balaban J connectivity index is 2.58. The molecule has 7 heteroatoms. The van der Waals surface area contributed by atoms with Crippen molar-refractivity contribution < 1.29 is 23.1 Å². The average molecular weight is 297 g/mol. The summed E-state index contributed by atoms with van der Waals surface area (Å²) in [7, 11) is -3.53. The Kier molecular flexibility index (Phi) is 3.80. The quantitative estimate of drug-likeness (QED) is 0.904. The minimum atomic E-state index is -3.53.